The number of hydrogen-bond donors (Lipinski definition) is 2. The maximum atomic E-state index is 12.4. The van der Waals surface area contributed by atoms with Crippen molar-refractivity contribution in [2.24, 2.45) is 0 Å². The van der Waals surface area contributed by atoms with Crippen LogP contribution in [-0.4, -0.2) is 31.3 Å². The van der Waals surface area contributed by atoms with E-state index >= 15 is 0 Å². The monoisotopic (exact) mass is 316 g/mol. The molecule has 7 heteroatoms. The average Bonchev–Trinajstić information content (AvgIpc) is 2.93. The summed E-state index contributed by atoms with van der Waals surface area (Å²) in [5.41, 5.74) is 2.12. The Morgan fingerprint density at radius 1 is 1.27 bits per heavy atom. The lowest BCUT2D eigenvalue weighted by atomic mass is 10.2. The Labute approximate surface area is 131 Å². The summed E-state index contributed by atoms with van der Waals surface area (Å²) in [5.74, 6) is 1.12. The van der Waals surface area contributed by atoms with E-state index in [1.54, 1.807) is 6.92 Å². The predicted molar refractivity (Wildman–Crippen MR) is 85.1 cm³/mol. The highest BCUT2D eigenvalue weighted by molar-refractivity contribution is 7.98. The van der Waals surface area contributed by atoms with Gasteiger partial charge in [0.25, 0.3) is 11.3 Å². The first-order chi connectivity index (χ1) is 10.7. The summed E-state index contributed by atoms with van der Waals surface area (Å²) in [7, 11) is 0. The second-order valence-corrected chi connectivity index (χ2v) is 5.86. The minimum Gasteiger partial charge on any atom is -0.396 e. The van der Waals surface area contributed by atoms with Crippen LogP contribution in [0.1, 0.15) is 16.8 Å². The molecule has 0 spiro atoms. The van der Waals surface area contributed by atoms with Crippen LogP contribution in [0.25, 0.3) is 5.78 Å². The van der Waals surface area contributed by atoms with Crippen molar-refractivity contribution in [1.82, 2.24) is 19.6 Å². The number of benzene rings is 1. The van der Waals surface area contributed by atoms with Crippen LogP contribution in [0, 0.1) is 6.92 Å². The summed E-state index contributed by atoms with van der Waals surface area (Å²) < 4.78 is 1.34. The second kappa shape index (κ2) is 6.33. The maximum absolute atomic E-state index is 12.4. The van der Waals surface area contributed by atoms with Crippen LogP contribution in [0.15, 0.2) is 40.3 Å². The Hall–Kier alpha value is -2.12. The average molecular weight is 316 g/mol. The van der Waals surface area contributed by atoms with Crippen LogP contribution >= 0.6 is 11.8 Å². The zero-order valence-electron chi connectivity index (χ0n) is 12.1. The number of fused-ring (bicyclic) bond motifs is 1. The first-order valence-electron chi connectivity index (χ1n) is 6.95. The molecule has 3 aromatic rings. The van der Waals surface area contributed by atoms with Gasteiger partial charge in [-0.3, -0.25) is 9.89 Å². The molecule has 2 N–H and O–H groups in total. The van der Waals surface area contributed by atoms with Crippen LogP contribution in [0.3, 0.4) is 0 Å². The lowest BCUT2D eigenvalue weighted by Gasteiger charge is -2.01. The van der Waals surface area contributed by atoms with Crippen LogP contribution in [-0.2, 0) is 12.2 Å². The Morgan fingerprint density at radius 3 is 2.77 bits per heavy atom. The fraction of sp³-hybridized carbons (Fsp3) is 0.267. The molecule has 0 amide bonds. The lowest BCUT2D eigenvalue weighted by Crippen LogP contribution is -2.22. The number of H-pyrrole nitrogens is 1. The Balaban J connectivity index is 1.90. The van der Waals surface area contributed by atoms with Crippen LogP contribution in [0.5, 0.6) is 0 Å². The molecule has 2 aromatic heterocycles. The number of thioether (sulfide) groups is 1. The normalized spacial score (nSPS) is 11.2. The minimum atomic E-state index is -0.199. The van der Waals surface area contributed by atoms with Gasteiger partial charge in [-0.05, 0) is 12.5 Å². The van der Waals surface area contributed by atoms with Gasteiger partial charge in [0, 0.05) is 24.3 Å². The quantitative estimate of drug-likeness (QED) is 0.698. The molecule has 0 fully saturated rings. The van der Waals surface area contributed by atoms with Gasteiger partial charge in [0.2, 0.25) is 0 Å². The smallest absolute Gasteiger partial charge is 0.277 e. The van der Waals surface area contributed by atoms with Gasteiger partial charge >= 0.3 is 0 Å². The summed E-state index contributed by atoms with van der Waals surface area (Å²) in [5, 5.41) is 12.7. The molecule has 0 aliphatic heterocycles. The van der Waals surface area contributed by atoms with Crippen LogP contribution < -0.4 is 5.56 Å². The van der Waals surface area contributed by atoms with Gasteiger partial charge in [-0.15, -0.1) is 0 Å². The first-order valence-corrected chi connectivity index (χ1v) is 7.93. The third kappa shape index (κ3) is 2.90. The predicted octanol–water partition coefficient (Wildman–Crippen LogP) is 1.55. The standard InChI is InChI=1S/C15H16N4O2S/c1-10-12(7-8-20)13(21)19-14(16-10)17-15(18-19)22-9-11-5-3-2-4-6-11/h2-6,20H,7-9H2,1H3,(H,16,17,18). The van der Waals surface area contributed by atoms with Crippen molar-refractivity contribution in [2.75, 3.05) is 6.61 Å². The van der Waals surface area contributed by atoms with Crippen LogP contribution in [0.4, 0.5) is 0 Å². The van der Waals surface area contributed by atoms with Crippen molar-refractivity contribution < 1.29 is 5.11 Å². The Morgan fingerprint density at radius 2 is 2.05 bits per heavy atom. The highest BCUT2D eigenvalue weighted by atomic mass is 32.2. The number of aromatic nitrogens is 4. The number of aliphatic hydroxyl groups is 1. The van der Waals surface area contributed by atoms with E-state index in [9.17, 15) is 4.79 Å². The van der Waals surface area contributed by atoms with Crippen molar-refractivity contribution in [3.8, 4) is 0 Å². The topological polar surface area (TPSA) is 83.3 Å². The summed E-state index contributed by atoms with van der Waals surface area (Å²) in [6.45, 7) is 1.69. The van der Waals surface area contributed by atoms with Gasteiger partial charge in [0.1, 0.15) is 0 Å². The van der Waals surface area contributed by atoms with E-state index in [0.717, 1.165) is 5.75 Å². The minimum absolute atomic E-state index is 0.0758. The number of aromatic amines is 1. The molecule has 0 aliphatic carbocycles. The molecule has 0 atom stereocenters. The van der Waals surface area contributed by atoms with Crippen molar-refractivity contribution in [2.45, 2.75) is 24.3 Å². The highest BCUT2D eigenvalue weighted by Crippen LogP contribution is 2.19. The molecule has 22 heavy (non-hydrogen) atoms. The van der Waals surface area contributed by atoms with Crippen LogP contribution in [0.2, 0.25) is 0 Å². The summed E-state index contributed by atoms with van der Waals surface area (Å²) >= 11 is 1.52. The lowest BCUT2D eigenvalue weighted by molar-refractivity contribution is 0.298. The van der Waals surface area contributed by atoms with E-state index in [2.05, 4.69) is 15.1 Å². The molecule has 6 nitrogen and oxygen atoms in total. The van der Waals surface area contributed by atoms with Gasteiger partial charge < -0.3 is 5.11 Å². The SMILES string of the molecule is Cc1nc2nc(SCc3ccccc3)[nH]n2c(=O)c1CCO. The molecule has 114 valence electrons. The van der Waals surface area contributed by atoms with Gasteiger partial charge in [0.05, 0.1) is 5.69 Å². The fourth-order valence-corrected chi connectivity index (χ4v) is 3.02. The fourth-order valence-electron chi connectivity index (χ4n) is 2.23. The van der Waals surface area contributed by atoms with E-state index in [0.29, 0.717) is 28.6 Å². The van der Waals surface area contributed by atoms with Crippen molar-refractivity contribution in [1.29, 1.82) is 0 Å². The van der Waals surface area contributed by atoms with E-state index in [1.165, 1.54) is 21.8 Å². The van der Waals surface area contributed by atoms with Crippen molar-refractivity contribution in [3.63, 3.8) is 0 Å². The third-order valence-electron chi connectivity index (χ3n) is 3.35. The van der Waals surface area contributed by atoms with E-state index < -0.39 is 0 Å². The highest BCUT2D eigenvalue weighted by Gasteiger charge is 2.13. The number of aryl methyl sites for hydroxylation is 1. The van der Waals surface area contributed by atoms with E-state index in [1.807, 2.05) is 30.3 Å². The Kier molecular flexibility index (Phi) is 4.26. The molecule has 1 aromatic carbocycles. The number of aliphatic hydroxyl groups excluding tert-OH is 1. The number of hydrogen-bond acceptors (Lipinski definition) is 5. The van der Waals surface area contributed by atoms with Gasteiger partial charge in [-0.2, -0.15) is 9.50 Å². The summed E-state index contributed by atoms with van der Waals surface area (Å²) in [6.07, 6.45) is 0.298. The molecule has 0 bridgehead atoms. The molecule has 3 rings (SSSR count). The third-order valence-corrected chi connectivity index (χ3v) is 4.29. The molecule has 0 unspecified atom stereocenters. The number of nitrogens with zero attached hydrogens (tertiary/aromatic N) is 3. The zero-order valence-corrected chi connectivity index (χ0v) is 12.9. The molecule has 0 radical (unpaired) electrons. The summed E-state index contributed by atoms with van der Waals surface area (Å²) in [6, 6.07) is 10.0. The number of nitrogens with one attached hydrogen (secondary N) is 1. The van der Waals surface area contributed by atoms with Gasteiger partial charge in [-0.1, -0.05) is 42.1 Å². The molecule has 2 heterocycles. The van der Waals surface area contributed by atoms with E-state index in [4.69, 9.17) is 5.11 Å². The van der Waals surface area contributed by atoms with E-state index in [-0.39, 0.29) is 12.2 Å². The Bertz CT molecular complexity index is 842. The molecular weight excluding hydrogens is 300 g/mol. The van der Waals surface area contributed by atoms with Crippen molar-refractivity contribution >= 4 is 17.5 Å². The second-order valence-electron chi connectivity index (χ2n) is 4.89. The first kappa shape index (κ1) is 14.8. The molecule has 0 saturated heterocycles. The maximum Gasteiger partial charge on any atom is 0.277 e. The zero-order chi connectivity index (χ0) is 15.5. The van der Waals surface area contributed by atoms with Gasteiger partial charge in [0.15, 0.2) is 5.16 Å². The summed E-state index contributed by atoms with van der Waals surface area (Å²) in [4.78, 5) is 21.0. The molecule has 0 saturated carbocycles. The largest absolute Gasteiger partial charge is 0.396 e. The van der Waals surface area contributed by atoms with Gasteiger partial charge in [-0.25, -0.2) is 4.98 Å². The van der Waals surface area contributed by atoms with Crippen molar-refractivity contribution in [3.05, 3.63) is 57.5 Å². The molecule has 0 aliphatic rings. The molecular formula is C15H16N4O2S. The number of rotatable bonds is 5.